The van der Waals surface area contributed by atoms with Crippen LogP contribution in [-0.2, 0) is 20.1 Å². The van der Waals surface area contributed by atoms with Crippen LogP contribution < -0.4 is 10.1 Å². The van der Waals surface area contributed by atoms with Crippen molar-refractivity contribution in [2.45, 2.75) is 26.9 Å². The zero-order valence-corrected chi connectivity index (χ0v) is 12.2. The number of benzene rings is 1. The van der Waals surface area contributed by atoms with Crippen LogP contribution in [-0.4, -0.2) is 11.7 Å². The van der Waals surface area contributed by atoms with E-state index in [1.165, 1.54) is 22.5 Å². The number of aryl methyl sites for hydroxylation is 1. The highest BCUT2D eigenvalue weighted by Crippen LogP contribution is 2.17. The maximum absolute atomic E-state index is 5.35. The van der Waals surface area contributed by atoms with E-state index >= 15 is 0 Å². The molecule has 0 saturated heterocycles. The summed E-state index contributed by atoms with van der Waals surface area (Å²) in [4.78, 5) is 0. The van der Waals surface area contributed by atoms with E-state index < -0.39 is 0 Å². The van der Waals surface area contributed by atoms with E-state index in [1.54, 1.807) is 7.11 Å². The maximum Gasteiger partial charge on any atom is 0.123 e. The number of hydrogen-bond donors (Lipinski definition) is 1. The minimum Gasteiger partial charge on any atom is -0.496 e. The molecule has 3 nitrogen and oxygen atoms in total. The van der Waals surface area contributed by atoms with Crippen LogP contribution in [0.15, 0.2) is 30.3 Å². The zero-order chi connectivity index (χ0) is 13.8. The van der Waals surface area contributed by atoms with Gasteiger partial charge in [-0.05, 0) is 31.5 Å². The van der Waals surface area contributed by atoms with E-state index in [0.717, 1.165) is 18.8 Å². The summed E-state index contributed by atoms with van der Waals surface area (Å²) in [6.45, 7) is 5.99. The fourth-order valence-electron chi connectivity index (χ4n) is 2.29. The van der Waals surface area contributed by atoms with Gasteiger partial charge in [0.25, 0.3) is 0 Å². The van der Waals surface area contributed by atoms with Crippen LogP contribution in [0, 0.1) is 13.8 Å². The lowest BCUT2D eigenvalue weighted by atomic mass is 10.2. The third-order valence-corrected chi connectivity index (χ3v) is 3.70. The summed E-state index contributed by atoms with van der Waals surface area (Å²) >= 11 is 0. The van der Waals surface area contributed by atoms with Gasteiger partial charge >= 0.3 is 0 Å². The molecule has 0 atom stereocenters. The predicted octanol–water partition coefficient (Wildman–Crippen LogP) is 2.94. The first-order valence-electron chi connectivity index (χ1n) is 6.58. The zero-order valence-electron chi connectivity index (χ0n) is 12.2. The van der Waals surface area contributed by atoms with E-state index in [-0.39, 0.29) is 0 Å². The SMILES string of the molecule is COc1ccccc1CNCc1cc(C)n(C)c1C. The first kappa shape index (κ1) is 13.7. The van der Waals surface area contributed by atoms with Gasteiger partial charge in [0.1, 0.15) is 5.75 Å². The molecule has 1 aromatic heterocycles. The maximum atomic E-state index is 5.35. The van der Waals surface area contributed by atoms with Gasteiger partial charge in [-0.3, -0.25) is 0 Å². The van der Waals surface area contributed by atoms with Gasteiger partial charge in [-0.1, -0.05) is 18.2 Å². The number of hydrogen-bond acceptors (Lipinski definition) is 2. The van der Waals surface area contributed by atoms with Crippen molar-refractivity contribution < 1.29 is 4.74 Å². The Morgan fingerprint density at radius 1 is 1.11 bits per heavy atom. The number of aromatic nitrogens is 1. The van der Waals surface area contributed by atoms with Crippen LogP contribution in [0.25, 0.3) is 0 Å². The molecule has 0 unspecified atom stereocenters. The Kier molecular flexibility index (Phi) is 4.27. The fraction of sp³-hybridized carbons (Fsp3) is 0.375. The lowest BCUT2D eigenvalue weighted by Crippen LogP contribution is -2.13. The van der Waals surface area contributed by atoms with Gasteiger partial charge in [-0.25, -0.2) is 0 Å². The van der Waals surface area contributed by atoms with Gasteiger partial charge < -0.3 is 14.6 Å². The third kappa shape index (κ3) is 2.99. The Morgan fingerprint density at radius 2 is 1.79 bits per heavy atom. The molecule has 0 fully saturated rings. The predicted molar refractivity (Wildman–Crippen MR) is 78.4 cm³/mol. The molecule has 19 heavy (non-hydrogen) atoms. The summed E-state index contributed by atoms with van der Waals surface area (Å²) in [6.07, 6.45) is 0. The molecular weight excluding hydrogens is 236 g/mol. The van der Waals surface area contributed by atoms with Crippen molar-refractivity contribution in [2.24, 2.45) is 7.05 Å². The minimum atomic E-state index is 0.817. The normalized spacial score (nSPS) is 10.7. The number of nitrogens with one attached hydrogen (secondary N) is 1. The van der Waals surface area contributed by atoms with Crippen LogP contribution in [0.2, 0.25) is 0 Å². The van der Waals surface area contributed by atoms with Crippen LogP contribution in [0.1, 0.15) is 22.5 Å². The summed E-state index contributed by atoms with van der Waals surface area (Å²) in [5.41, 5.74) is 5.17. The smallest absolute Gasteiger partial charge is 0.123 e. The molecule has 0 saturated carbocycles. The van der Waals surface area contributed by atoms with Gasteiger partial charge in [-0.15, -0.1) is 0 Å². The monoisotopic (exact) mass is 258 g/mol. The van der Waals surface area contributed by atoms with Crippen LogP contribution >= 0.6 is 0 Å². The molecular formula is C16H22N2O. The van der Waals surface area contributed by atoms with E-state index in [2.05, 4.69) is 42.9 Å². The summed E-state index contributed by atoms with van der Waals surface area (Å²) < 4.78 is 7.57. The molecule has 1 N–H and O–H groups in total. The Labute approximate surface area is 115 Å². The molecule has 0 spiro atoms. The lowest BCUT2D eigenvalue weighted by Gasteiger charge is -2.09. The molecule has 0 amide bonds. The highest BCUT2D eigenvalue weighted by molar-refractivity contribution is 5.33. The Morgan fingerprint density at radius 3 is 2.42 bits per heavy atom. The highest BCUT2D eigenvalue weighted by Gasteiger charge is 2.06. The average Bonchev–Trinajstić information content (AvgIpc) is 2.67. The average molecular weight is 258 g/mol. The van der Waals surface area contributed by atoms with Crippen molar-refractivity contribution in [1.82, 2.24) is 9.88 Å². The summed E-state index contributed by atoms with van der Waals surface area (Å²) in [7, 11) is 3.82. The second-order valence-corrected chi connectivity index (χ2v) is 4.87. The van der Waals surface area contributed by atoms with E-state index in [0.29, 0.717) is 0 Å². The fourth-order valence-corrected chi connectivity index (χ4v) is 2.29. The summed E-state index contributed by atoms with van der Waals surface area (Å²) in [5, 5.41) is 3.48. The second kappa shape index (κ2) is 5.93. The van der Waals surface area contributed by atoms with Gasteiger partial charge in [0.05, 0.1) is 7.11 Å². The lowest BCUT2D eigenvalue weighted by molar-refractivity contribution is 0.407. The Hall–Kier alpha value is -1.74. The number of ether oxygens (including phenoxy) is 1. The van der Waals surface area contributed by atoms with Crippen molar-refractivity contribution in [2.75, 3.05) is 7.11 Å². The van der Waals surface area contributed by atoms with Gasteiger partial charge in [0, 0.05) is 37.1 Å². The molecule has 0 aliphatic heterocycles. The van der Waals surface area contributed by atoms with Crippen molar-refractivity contribution in [3.8, 4) is 5.75 Å². The molecule has 0 bridgehead atoms. The molecule has 102 valence electrons. The van der Waals surface area contributed by atoms with Crippen LogP contribution in [0.3, 0.4) is 0 Å². The molecule has 2 aromatic rings. The van der Waals surface area contributed by atoms with Crippen LogP contribution in [0.5, 0.6) is 5.75 Å². The topological polar surface area (TPSA) is 26.2 Å². The number of nitrogens with zero attached hydrogens (tertiary/aromatic N) is 1. The number of methoxy groups -OCH3 is 1. The quantitative estimate of drug-likeness (QED) is 0.892. The number of para-hydroxylation sites is 1. The van der Waals surface area contributed by atoms with Crippen molar-refractivity contribution in [3.63, 3.8) is 0 Å². The van der Waals surface area contributed by atoms with E-state index in [1.807, 2.05) is 18.2 Å². The van der Waals surface area contributed by atoms with Crippen molar-refractivity contribution in [1.29, 1.82) is 0 Å². The van der Waals surface area contributed by atoms with Crippen LogP contribution in [0.4, 0.5) is 0 Å². The molecule has 3 heteroatoms. The Bertz CT molecular complexity index is 558. The third-order valence-electron chi connectivity index (χ3n) is 3.70. The van der Waals surface area contributed by atoms with Gasteiger partial charge in [0.2, 0.25) is 0 Å². The molecule has 0 aliphatic rings. The first-order valence-corrected chi connectivity index (χ1v) is 6.58. The van der Waals surface area contributed by atoms with Crippen molar-refractivity contribution in [3.05, 3.63) is 52.8 Å². The molecule has 1 heterocycles. The summed E-state index contributed by atoms with van der Waals surface area (Å²) in [6, 6.07) is 10.4. The van der Waals surface area contributed by atoms with Crippen molar-refractivity contribution >= 4 is 0 Å². The second-order valence-electron chi connectivity index (χ2n) is 4.87. The molecule has 0 radical (unpaired) electrons. The standard InChI is InChI=1S/C16H22N2O/c1-12-9-15(13(2)18(12)3)11-17-10-14-7-5-6-8-16(14)19-4/h5-9,17H,10-11H2,1-4H3. The van der Waals surface area contributed by atoms with Gasteiger partial charge in [0.15, 0.2) is 0 Å². The molecule has 1 aromatic carbocycles. The molecule has 2 rings (SSSR count). The van der Waals surface area contributed by atoms with E-state index in [9.17, 15) is 0 Å². The first-order chi connectivity index (χ1) is 9.13. The highest BCUT2D eigenvalue weighted by atomic mass is 16.5. The number of rotatable bonds is 5. The Balaban J connectivity index is 1.98. The largest absolute Gasteiger partial charge is 0.496 e. The molecule has 0 aliphatic carbocycles. The summed E-state index contributed by atoms with van der Waals surface area (Å²) in [5.74, 6) is 0.941. The van der Waals surface area contributed by atoms with E-state index in [4.69, 9.17) is 4.74 Å². The van der Waals surface area contributed by atoms with Gasteiger partial charge in [-0.2, -0.15) is 0 Å². The minimum absolute atomic E-state index is 0.817.